The van der Waals surface area contributed by atoms with Crippen molar-refractivity contribution in [2.75, 3.05) is 13.2 Å². The minimum atomic E-state index is -1.55. The normalized spacial score (nSPS) is 32.5. The van der Waals surface area contributed by atoms with Crippen molar-refractivity contribution in [2.45, 2.75) is 69.5 Å². The van der Waals surface area contributed by atoms with E-state index in [-0.39, 0.29) is 12.5 Å². The van der Waals surface area contributed by atoms with Crippen LogP contribution in [0.15, 0.2) is 12.2 Å². The third-order valence-electron chi connectivity index (χ3n) is 3.88. The van der Waals surface area contributed by atoms with E-state index < -0.39 is 49.5 Å². The molecule has 1 amide bonds. The summed E-state index contributed by atoms with van der Waals surface area (Å²) in [5.74, 6) is -0.370. The number of aliphatic hydroxyl groups excluding tert-OH is 5. The highest BCUT2D eigenvalue weighted by Crippen LogP contribution is 2.22. The van der Waals surface area contributed by atoms with Crippen molar-refractivity contribution in [3.63, 3.8) is 0 Å². The molecule has 0 aromatic heterocycles. The fourth-order valence-corrected chi connectivity index (χ4v) is 2.43. The van der Waals surface area contributed by atoms with Gasteiger partial charge in [0, 0.05) is 6.92 Å². The Morgan fingerprint density at radius 2 is 1.96 bits per heavy atom. The van der Waals surface area contributed by atoms with Crippen molar-refractivity contribution in [3.8, 4) is 0 Å². The Balaban J connectivity index is 2.69. The molecule has 1 aliphatic heterocycles. The average Bonchev–Trinajstić information content (AvgIpc) is 2.57. The number of rotatable bonds is 9. The number of ether oxygens (including phenoxy) is 2. The Morgan fingerprint density at radius 1 is 1.28 bits per heavy atom. The summed E-state index contributed by atoms with van der Waals surface area (Å²) in [6, 6.07) is -0.794. The quantitative estimate of drug-likeness (QED) is 0.258. The Morgan fingerprint density at radius 3 is 2.52 bits per heavy atom. The monoisotopic (exact) mass is 363 g/mol. The summed E-state index contributed by atoms with van der Waals surface area (Å²) < 4.78 is 10.6. The Kier molecular flexibility index (Phi) is 9.51. The van der Waals surface area contributed by atoms with Crippen molar-refractivity contribution in [1.82, 2.24) is 5.32 Å². The average molecular weight is 363 g/mol. The molecule has 1 fully saturated rings. The summed E-state index contributed by atoms with van der Waals surface area (Å²) in [7, 11) is 0. The van der Waals surface area contributed by atoms with Crippen LogP contribution in [0.3, 0.4) is 0 Å². The van der Waals surface area contributed by atoms with Crippen molar-refractivity contribution in [1.29, 1.82) is 0 Å². The smallest absolute Gasteiger partial charge is 0.217 e. The molecule has 1 saturated heterocycles. The number of carbonyl (C=O) groups excluding carboxylic acids is 1. The number of amides is 1. The summed E-state index contributed by atoms with van der Waals surface area (Å²) in [4.78, 5) is 11.3. The Hall–Kier alpha value is -1.07. The first kappa shape index (κ1) is 22.0. The predicted octanol–water partition coefficient (Wildman–Crippen LogP) is -1.98. The number of allylic oxidation sites excluding steroid dienone is 1. The van der Waals surface area contributed by atoms with E-state index in [1.54, 1.807) is 12.2 Å². The molecule has 0 radical (unpaired) electrons. The van der Waals surface area contributed by atoms with E-state index in [0.717, 1.165) is 12.8 Å². The highest BCUT2D eigenvalue weighted by molar-refractivity contribution is 5.73. The summed E-state index contributed by atoms with van der Waals surface area (Å²) in [6.45, 7) is 2.51. The summed E-state index contributed by atoms with van der Waals surface area (Å²) in [6.07, 6.45) is -2.97. The Bertz CT molecular complexity index is 430. The maximum absolute atomic E-state index is 11.3. The third kappa shape index (κ3) is 6.63. The standard InChI is InChI=1S/C16H29NO8/c1-3-4-5-6-11(20)10(17-9(2)19)8-24-16-15(23)14(22)13(21)12(7-18)25-16/h5-6,10-16,18,20-23H,3-4,7-8H2,1-2H3,(H,17,19)/b6-5+. The van der Waals surface area contributed by atoms with E-state index in [1.807, 2.05) is 6.92 Å². The van der Waals surface area contributed by atoms with Gasteiger partial charge in [-0.05, 0) is 6.42 Å². The van der Waals surface area contributed by atoms with Gasteiger partial charge in [-0.15, -0.1) is 0 Å². The molecule has 7 unspecified atom stereocenters. The minimum absolute atomic E-state index is 0.208. The second-order valence-corrected chi connectivity index (χ2v) is 6.05. The molecule has 0 saturated carbocycles. The molecule has 1 heterocycles. The fraction of sp³-hybridized carbons (Fsp3) is 0.812. The second-order valence-electron chi connectivity index (χ2n) is 6.05. The number of unbranched alkanes of at least 4 members (excludes halogenated alkanes) is 1. The summed E-state index contributed by atoms with van der Waals surface area (Å²) in [5.41, 5.74) is 0. The van der Waals surface area contributed by atoms with Crippen LogP contribution in [-0.2, 0) is 14.3 Å². The van der Waals surface area contributed by atoms with Crippen LogP contribution >= 0.6 is 0 Å². The molecule has 146 valence electrons. The van der Waals surface area contributed by atoms with Gasteiger partial charge in [0.15, 0.2) is 6.29 Å². The van der Waals surface area contributed by atoms with Gasteiger partial charge < -0.3 is 40.3 Å². The van der Waals surface area contributed by atoms with E-state index in [9.17, 15) is 25.2 Å². The van der Waals surface area contributed by atoms with Crippen LogP contribution in [0.5, 0.6) is 0 Å². The molecule has 25 heavy (non-hydrogen) atoms. The van der Waals surface area contributed by atoms with Crippen LogP contribution in [0.25, 0.3) is 0 Å². The van der Waals surface area contributed by atoms with Crippen LogP contribution < -0.4 is 5.32 Å². The number of aliphatic hydroxyl groups is 5. The lowest BCUT2D eigenvalue weighted by atomic mass is 9.99. The van der Waals surface area contributed by atoms with Gasteiger partial charge in [0.25, 0.3) is 0 Å². The number of hydrogen-bond donors (Lipinski definition) is 6. The van der Waals surface area contributed by atoms with Crippen molar-refractivity contribution in [2.24, 2.45) is 0 Å². The zero-order valence-electron chi connectivity index (χ0n) is 14.5. The van der Waals surface area contributed by atoms with Crippen LogP contribution in [0.4, 0.5) is 0 Å². The van der Waals surface area contributed by atoms with Crippen molar-refractivity contribution >= 4 is 5.91 Å². The molecular formula is C16H29NO8. The topological polar surface area (TPSA) is 149 Å². The van der Waals surface area contributed by atoms with Gasteiger partial charge >= 0.3 is 0 Å². The molecule has 9 heteroatoms. The predicted molar refractivity (Wildman–Crippen MR) is 87.4 cm³/mol. The molecule has 1 aliphatic rings. The zero-order valence-corrected chi connectivity index (χ0v) is 14.5. The third-order valence-corrected chi connectivity index (χ3v) is 3.88. The Labute approximate surface area is 146 Å². The highest BCUT2D eigenvalue weighted by atomic mass is 16.7. The van der Waals surface area contributed by atoms with Gasteiger partial charge in [-0.1, -0.05) is 25.5 Å². The molecule has 0 aromatic carbocycles. The van der Waals surface area contributed by atoms with E-state index in [2.05, 4.69) is 5.32 Å². The highest BCUT2D eigenvalue weighted by Gasteiger charge is 2.44. The van der Waals surface area contributed by atoms with Gasteiger partial charge in [0.2, 0.25) is 5.91 Å². The van der Waals surface area contributed by atoms with Crippen LogP contribution in [0.2, 0.25) is 0 Å². The number of hydrogen-bond acceptors (Lipinski definition) is 8. The molecular weight excluding hydrogens is 334 g/mol. The lowest BCUT2D eigenvalue weighted by molar-refractivity contribution is -0.302. The van der Waals surface area contributed by atoms with Gasteiger partial charge in [0.1, 0.15) is 24.4 Å². The lowest BCUT2D eigenvalue weighted by Gasteiger charge is -2.40. The number of carbonyl (C=O) groups is 1. The molecule has 6 N–H and O–H groups in total. The van der Waals surface area contributed by atoms with Crippen LogP contribution in [0.1, 0.15) is 26.7 Å². The zero-order chi connectivity index (χ0) is 19.0. The van der Waals surface area contributed by atoms with Crippen molar-refractivity contribution < 1.29 is 39.8 Å². The van der Waals surface area contributed by atoms with Crippen molar-refractivity contribution in [3.05, 3.63) is 12.2 Å². The molecule has 0 spiro atoms. The SMILES string of the molecule is CCC/C=C/C(O)C(COC1OC(CO)C(O)C(O)C1O)NC(C)=O. The van der Waals surface area contributed by atoms with E-state index in [0.29, 0.717) is 0 Å². The molecule has 1 rings (SSSR count). The van der Waals surface area contributed by atoms with Gasteiger partial charge in [-0.3, -0.25) is 4.79 Å². The molecule has 0 aromatic rings. The molecule has 9 nitrogen and oxygen atoms in total. The van der Waals surface area contributed by atoms with E-state index >= 15 is 0 Å². The maximum Gasteiger partial charge on any atom is 0.217 e. The fourth-order valence-electron chi connectivity index (χ4n) is 2.43. The molecule has 0 bridgehead atoms. The lowest BCUT2D eigenvalue weighted by Crippen LogP contribution is -2.60. The van der Waals surface area contributed by atoms with Gasteiger partial charge in [-0.25, -0.2) is 0 Å². The van der Waals surface area contributed by atoms with E-state index in [4.69, 9.17) is 14.6 Å². The maximum atomic E-state index is 11.3. The van der Waals surface area contributed by atoms with Crippen LogP contribution in [-0.4, -0.2) is 87.5 Å². The molecule has 7 atom stereocenters. The van der Waals surface area contributed by atoms with Gasteiger partial charge in [0.05, 0.1) is 25.4 Å². The largest absolute Gasteiger partial charge is 0.394 e. The second kappa shape index (κ2) is 10.8. The van der Waals surface area contributed by atoms with E-state index in [1.165, 1.54) is 6.92 Å². The first-order valence-corrected chi connectivity index (χ1v) is 8.35. The first-order chi connectivity index (χ1) is 11.8. The number of nitrogens with one attached hydrogen (secondary N) is 1. The first-order valence-electron chi connectivity index (χ1n) is 8.35. The summed E-state index contributed by atoms with van der Waals surface area (Å²) >= 11 is 0. The summed E-state index contributed by atoms with van der Waals surface area (Å²) in [5, 5.41) is 51.2. The minimum Gasteiger partial charge on any atom is -0.394 e. The molecule has 0 aliphatic carbocycles. The van der Waals surface area contributed by atoms with Gasteiger partial charge in [-0.2, -0.15) is 0 Å². The van der Waals surface area contributed by atoms with Crippen LogP contribution in [0, 0.1) is 0 Å².